The van der Waals surface area contributed by atoms with Gasteiger partial charge in [0.2, 0.25) is 0 Å². The molecular formula is C8H11O4P. The van der Waals surface area contributed by atoms with Crippen LogP contribution in [0.15, 0.2) is 18.2 Å². The molecule has 0 spiro atoms. The second-order valence-corrected chi connectivity index (χ2v) is 4.55. The average Bonchev–Trinajstić information content (AvgIpc) is 1.96. The van der Waals surface area contributed by atoms with Gasteiger partial charge in [0.05, 0.1) is 6.16 Å². The molecule has 0 saturated carbocycles. The summed E-state index contributed by atoms with van der Waals surface area (Å²) in [5.74, 6) is -0.0363. The lowest BCUT2D eigenvalue weighted by Crippen LogP contribution is -1.89. The van der Waals surface area contributed by atoms with Crippen LogP contribution >= 0.6 is 7.60 Å². The molecule has 0 heterocycles. The molecule has 1 rings (SSSR count). The molecule has 0 unspecified atom stereocenters. The Balaban J connectivity index is 3.03. The highest BCUT2D eigenvalue weighted by atomic mass is 31.2. The summed E-state index contributed by atoms with van der Waals surface area (Å²) in [7, 11) is -4.09. The molecule has 0 fully saturated rings. The zero-order chi connectivity index (χ0) is 10.1. The van der Waals surface area contributed by atoms with E-state index in [9.17, 15) is 9.67 Å². The molecule has 13 heavy (non-hydrogen) atoms. The lowest BCUT2D eigenvalue weighted by atomic mass is 10.1. The maximum absolute atomic E-state index is 10.6. The first-order valence-electron chi connectivity index (χ1n) is 3.72. The quantitative estimate of drug-likeness (QED) is 0.633. The van der Waals surface area contributed by atoms with E-state index in [1.807, 2.05) is 0 Å². The Kier molecular flexibility index (Phi) is 2.76. The molecule has 0 saturated heterocycles. The van der Waals surface area contributed by atoms with Crippen molar-refractivity contribution in [2.24, 2.45) is 0 Å². The van der Waals surface area contributed by atoms with Gasteiger partial charge in [-0.25, -0.2) is 0 Å². The lowest BCUT2D eigenvalue weighted by molar-refractivity contribution is 0.370. The van der Waals surface area contributed by atoms with E-state index in [1.54, 1.807) is 19.1 Å². The summed E-state index contributed by atoms with van der Waals surface area (Å²) in [6.45, 7) is 1.68. The highest BCUT2D eigenvalue weighted by Crippen LogP contribution is 2.41. The van der Waals surface area contributed by atoms with E-state index in [0.717, 1.165) is 0 Å². The molecule has 3 N–H and O–H groups in total. The van der Waals surface area contributed by atoms with Crippen LogP contribution < -0.4 is 0 Å². The first-order valence-corrected chi connectivity index (χ1v) is 5.52. The first kappa shape index (κ1) is 10.3. The van der Waals surface area contributed by atoms with Gasteiger partial charge in [0.1, 0.15) is 5.75 Å². The van der Waals surface area contributed by atoms with Gasteiger partial charge in [0.15, 0.2) is 0 Å². The third-order valence-electron chi connectivity index (χ3n) is 1.70. The molecule has 0 bridgehead atoms. The minimum Gasteiger partial charge on any atom is -0.507 e. The van der Waals surface area contributed by atoms with Gasteiger partial charge in [-0.1, -0.05) is 18.2 Å². The van der Waals surface area contributed by atoms with Crippen molar-refractivity contribution in [1.82, 2.24) is 0 Å². The summed E-state index contributed by atoms with van der Waals surface area (Å²) in [6.07, 6.45) is -0.416. The molecule has 1 aromatic rings. The van der Waals surface area contributed by atoms with E-state index < -0.39 is 13.8 Å². The van der Waals surface area contributed by atoms with Crippen LogP contribution in [0.3, 0.4) is 0 Å². The van der Waals surface area contributed by atoms with Crippen molar-refractivity contribution >= 4 is 7.60 Å². The van der Waals surface area contributed by atoms with Crippen LogP contribution in [0.5, 0.6) is 5.75 Å². The fourth-order valence-electron chi connectivity index (χ4n) is 1.07. The standard InChI is InChI=1S/C8H11O4P/c1-6-3-2-4-7(8(6)9)5-13(10,11)12/h2-4,9H,5H2,1H3,(H2,10,11,12). The Bertz CT molecular complexity index is 355. The third kappa shape index (κ3) is 2.84. The molecular weight excluding hydrogens is 191 g/mol. The number of hydrogen-bond donors (Lipinski definition) is 3. The number of rotatable bonds is 2. The molecule has 0 atom stereocenters. The SMILES string of the molecule is Cc1cccc(CP(=O)(O)O)c1O. The molecule has 0 aliphatic heterocycles. The lowest BCUT2D eigenvalue weighted by Gasteiger charge is -2.07. The summed E-state index contributed by atoms with van der Waals surface area (Å²) < 4.78 is 10.6. The van der Waals surface area contributed by atoms with Gasteiger partial charge in [-0.15, -0.1) is 0 Å². The maximum atomic E-state index is 10.6. The Morgan fingerprint density at radius 3 is 2.54 bits per heavy atom. The topological polar surface area (TPSA) is 77.8 Å². The molecule has 0 amide bonds. The van der Waals surface area contributed by atoms with Crippen molar-refractivity contribution in [1.29, 1.82) is 0 Å². The van der Waals surface area contributed by atoms with Gasteiger partial charge in [-0.05, 0) is 12.5 Å². The predicted octanol–water partition coefficient (Wildman–Crippen LogP) is 1.38. The fourth-order valence-corrected chi connectivity index (χ4v) is 1.77. The molecule has 0 radical (unpaired) electrons. The average molecular weight is 202 g/mol. The molecule has 5 heteroatoms. The number of benzene rings is 1. The van der Waals surface area contributed by atoms with Crippen molar-refractivity contribution in [2.75, 3.05) is 0 Å². The number of aryl methyl sites for hydroxylation is 1. The summed E-state index contributed by atoms with van der Waals surface area (Å²) >= 11 is 0. The van der Waals surface area contributed by atoms with Crippen LogP contribution in [0.1, 0.15) is 11.1 Å². The van der Waals surface area contributed by atoms with Gasteiger partial charge >= 0.3 is 7.60 Å². The normalized spacial score (nSPS) is 11.6. The smallest absolute Gasteiger partial charge is 0.330 e. The minimum absolute atomic E-state index is 0.0363. The van der Waals surface area contributed by atoms with E-state index in [-0.39, 0.29) is 11.3 Å². The molecule has 0 aliphatic carbocycles. The number of aromatic hydroxyl groups is 1. The third-order valence-corrected chi connectivity index (χ3v) is 2.45. The fraction of sp³-hybridized carbons (Fsp3) is 0.250. The number of phenols is 1. The number of hydrogen-bond acceptors (Lipinski definition) is 2. The molecule has 1 aromatic carbocycles. The van der Waals surface area contributed by atoms with E-state index in [0.29, 0.717) is 5.56 Å². The molecule has 0 aromatic heterocycles. The second-order valence-electron chi connectivity index (χ2n) is 2.91. The molecule has 4 nitrogen and oxygen atoms in total. The summed E-state index contributed by atoms with van der Waals surface area (Å²) in [5, 5.41) is 9.42. The number of phenolic OH excluding ortho intramolecular Hbond substituents is 1. The minimum atomic E-state index is -4.09. The highest BCUT2D eigenvalue weighted by molar-refractivity contribution is 7.50. The van der Waals surface area contributed by atoms with Crippen LogP contribution in [-0.4, -0.2) is 14.9 Å². The zero-order valence-corrected chi connectivity index (χ0v) is 8.03. The number of para-hydroxylation sites is 1. The van der Waals surface area contributed by atoms with Gasteiger partial charge in [-0.3, -0.25) is 4.57 Å². The maximum Gasteiger partial charge on any atom is 0.330 e. The van der Waals surface area contributed by atoms with Crippen molar-refractivity contribution in [2.45, 2.75) is 13.1 Å². The van der Waals surface area contributed by atoms with Crippen molar-refractivity contribution in [3.8, 4) is 5.75 Å². The van der Waals surface area contributed by atoms with Crippen molar-refractivity contribution < 1.29 is 19.5 Å². The monoisotopic (exact) mass is 202 g/mol. The first-order chi connectivity index (χ1) is 5.90. The zero-order valence-electron chi connectivity index (χ0n) is 7.14. The second kappa shape index (κ2) is 3.50. The largest absolute Gasteiger partial charge is 0.507 e. The van der Waals surface area contributed by atoms with Crippen LogP contribution in [0.25, 0.3) is 0 Å². The van der Waals surface area contributed by atoms with Gasteiger partial charge < -0.3 is 14.9 Å². The van der Waals surface area contributed by atoms with E-state index in [2.05, 4.69) is 0 Å². The van der Waals surface area contributed by atoms with Crippen LogP contribution in [-0.2, 0) is 10.7 Å². The Morgan fingerprint density at radius 2 is 2.00 bits per heavy atom. The van der Waals surface area contributed by atoms with Gasteiger partial charge in [-0.2, -0.15) is 0 Å². The van der Waals surface area contributed by atoms with E-state index in [1.165, 1.54) is 6.07 Å². The predicted molar refractivity (Wildman–Crippen MR) is 48.6 cm³/mol. The Hall–Kier alpha value is -0.830. The van der Waals surface area contributed by atoms with Crippen molar-refractivity contribution in [3.63, 3.8) is 0 Å². The Morgan fingerprint density at radius 1 is 1.38 bits per heavy atom. The summed E-state index contributed by atoms with van der Waals surface area (Å²) in [4.78, 5) is 17.4. The Labute approximate surface area is 76.0 Å². The van der Waals surface area contributed by atoms with Crippen molar-refractivity contribution in [3.05, 3.63) is 29.3 Å². The van der Waals surface area contributed by atoms with Gasteiger partial charge in [0.25, 0.3) is 0 Å². The summed E-state index contributed by atoms with van der Waals surface area (Å²) in [5.41, 5.74) is 0.902. The molecule has 0 aliphatic rings. The van der Waals surface area contributed by atoms with E-state index >= 15 is 0 Å². The summed E-state index contributed by atoms with van der Waals surface area (Å²) in [6, 6.07) is 4.83. The van der Waals surface area contributed by atoms with Crippen LogP contribution in [0.2, 0.25) is 0 Å². The van der Waals surface area contributed by atoms with Gasteiger partial charge in [0, 0.05) is 5.56 Å². The van der Waals surface area contributed by atoms with Crippen LogP contribution in [0, 0.1) is 6.92 Å². The highest BCUT2D eigenvalue weighted by Gasteiger charge is 2.16. The van der Waals surface area contributed by atoms with E-state index in [4.69, 9.17) is 9.79 Å². The molecule has 72 valence electrons. The van der Waals surface area contributed by atoms with Crippen LogP contribution in [0.4, 0.5) is 0 Å².